The molecule has 0 radical (unpaired) electrons. The highest BCUT2D eigenvalue weighted by molar-refractivity contribution is 9.10. The number of aromatic nitrogens is 2. The molecule has 1 aromatic heterocycles. The molecule has 1 N–H and O–H groups in total. The molecule has 0 aliphatic heterocycles. The Hall–Kier alpha value is -0.880. The Labute approximate surface area is 122 Å². The van der Waals surface area contributed by atoms with E-state index in [2.05, 4.69) is 39.8 Å². The minimum absolute atomic E-state index is 0.217. The minimum atomic E-state index is -0.735. The third-order valence-electron chi connectivity index (χ3n) is 3.18. The maximum absolute atomic E-state index is 10.6. The van der Waals surface area contributed by atoms with E-state index >= 15 is 0 Å². The summed E-state index contributed by atoms with van der Waals surface area (Å²) in [4.78, 5) is 12.8. The van der Waals surface area contributed by atoms with Crippen LogP contribution in [0.2, 0.25) is 0 Å². The lowest BCUT2D eigenvalue weighted by molar-refractivity contribution is -0.137. The zero-order valence-electron chi connectivity index (χ0n) is 12.0. The summed E-state index contributed by atoms with van der Waals surface area (Å²) in [6.07, 6.45) is 0.886. The predicted molar refractivity (Wildman–Crippen MR) is 78.1 cm³/mol. The number of halogens is 1. The van der Waals surface area contributed by atoms with Crippen LogP contribution in [0.25, 0.3) is 0 Å². The van der Waals surface area contributed by atoms with Gasteiger partial charge in [-0.25, -0.2) is 0 Å². The second-order valence-electron chi connectivity index (χ2n) is 5.03. The van der Waals surface area contributed by atoms with Crippen LogP contribution in [-0.2, 0) is 18.4 Å². The number of rotatable bonds is 7. The first-order chi connectivity index (χ1) is 8.82. The second kappa shape index (κ2) is 7.05. The van der Waals surface area contributed by atoms with Crippen LogP contribution in [0.4, 0.5) is 0 Å². The summed E-state index contributed by atoms with van der Waals surface area (Å²) in [6, 6.07) is 0.371. The first-order valence-electron chi connectivity index (χ1n) is 6.46. The molecule has 1 heterocycles. The van der Waals surface area contributed by atoms with Crippen molar-refractivity contribution in [3.05, 3.63) is 15.9 Å². The third-order valence-corrected chi connectivity index (χ3v) is 4.21. The average Bonchev–Trinajstić information content (AvgIpc) is 2.53. The van der Waals surface area contributed by atoms with Gasteiger partial charge in [0.05, 0.1) is 15.9 Å². The van der Waals surface area contributed by atoms with Gasteiger partial charge in [-0.3, -0.25) is 14.4 Å². The lowest BCUT2D eigenvalue weighted by atomic mass is 10.2. The van der Waals surface area contributed by atoms with Gasteiger partial charge in [0.1, 0.15) is 0 Å². The van der Waals surface area contributed by atoms with Crippen LogP contribution in [0.3, 0.4) is 0 Å². The Bertz CT molecular complexity index is 443. The molecule has 0 aliphatic carbocycles. The zero-order valence-corrected chi connectivity index (χ0v) is 13.6. The number of carboxylic acid groups (broad SMARTS) is 1. The Morgan fingerprint density at radius 2 is 2.16 bits per heavy atom. The molecule has 0 unspecified atom stereocenters. The third kappa shape index (κ3) is 4.62. The first-order valence-corrected chi connectivity index (χ1v) is 7.26. The summed E-state index contributed by atoms with van der Waals surface area (Å²) in [5.41, 5.74) is 2.10. The van der Waals surface area contributed by atoms with Gasteiger partial charge in [-0.15, -0.1) is 0 Å². The SMILES string of the molecule is Cc1nn(C)c(CN(CCCC(=O)O)C(C)C)c1Br. The van der Waals surface area contributed by atoms with Crippen molar-refractivity contribution in [2.45, 2.75) is 46.2 Å². The Balaban J connectivity index is 2.70. The topological polar surface area (TPSA) is 58.4 Å². The number of hydrogen-bond acceptors (Lipinski definition) is 3. The Morgan fingerprint density at radius 1 is 1.53 bits per heavy atom. The summed E-state index contributed by atoms with van der Waals surface area (Å²) >= 11 is 3.57. The summed E-state index contributed by atoms with van der Waals surface area (Å²) in [5.74, 6) is -0.735. The van der Waals surface area contributed by atoms with Crippen molar-refractivity contribution in [2.24, 2.45) is 7.05 Å². The maximum atomic E-state index is 10.6. The molecule has 0 atom stereocenters. The molecule has 0 saturated carbocycles. The van der Waals surface area contributed by atoms with E-state index in [0.29, 0.717) is 12.5 Å². The normalized spacial score (nSPS) is 11.5. The summed E-state index contributed by atoms with van der Waals surface area (Å²) < 4.78 is 2.92. The molecule has 0 aromatic carbocycles. The molecule has 0 spiro atoms. The minimum Gasteiger partial charge on any atom is -0.481 e. The number of aryl methyl sites for hydroxylation is 2. The standard InChI is InChI=1S/C13H22BrN3O2/c1-9(2)17(7-5-6-12(18)19)8-11-13(14)10(3)15-16(11)4/h9H,5-8H2,1-4H3,(H,18,19). The van der Waals surface area contributed by atoms with E-state index in [0.717, 1.165) is 29.0 Å². The van der Waals surface area contributed by atoms with Gasteiger partial charge in [-0.1, -0.05) is 0 Å². The number of nitrogens with zero attached hydrogens (tertiary/aromatic N) is 3. The maximum Gasteiger partial charge on any atom is 0.303 e. The van der Waals surface area contributed by atoms with Gasteiger partial charge < -0.3 is 5.11 Å². The van der Waals surface area contributed by atoms with E-state index in [1.54, 1.807) is 0 Å². The van der Waals surface area contributed by atoms with Gasteiger partial charge >= 0.3 is 5.97 Å². The molecule has 0 saturated heterocycles. The molecular formula is C13H22BrN3O2. The highest BCUT2D eigenvalue weighted by Crippen LogP contribution is 2.22. The smallest absolute Gasteiger partial charge is 0.303 e. The first kappa shape index (κ1) is 16.2. The largest absolute Gasteiger partial charge is 0.481 e. The molecule has 6 heteroatoms. The van der Waals surface area contributed by atoms with Crippen molar-refractivity contribution in [3.8, 4) is 0 Å². The number of aliphatic carboxylic acids is 1. The van der Waals surface area contributed by atoms with Crippen molar-refractivity contribution in [1.82, 2.24) is 14.7 Å². The molecular weight excluding hydrogens is 310 g/mol. The van der Waals surface area contributed by atoms with Crippen LogP contribution in [0.15, 0.2) is 4.47 Å². The van der Waals surface area contributed by atoms with Crippen molar-refractivity contribution in [3.63, 3.8) is 0 Å². The van der Waals surface area contributed by atoms with Gasteiger partial charge in [0.15, 0.2) is 0 Å². The molecule has 1 rings (SSSR count). The van der Waals surface area contributed by atoms with Gasteiger partial charge in [-0.05, 0) is 49.7 Å². The predicted octanol–water partition coefficient (Wildman–Crippen LogP) is 2.57. The summed E-state index contributed by atoms with van der Waals surface area (Å²) in [5, 5.41) is 13.1. The fraction of sp³-hybridized carbons (Fsp3) is 0.692. The van der Waals surface area contributed by atoms with Crippen LogP contribution in [0.1, 0.15) is 38.1 Å². The molecule has 5 nitrogen and oxygen atoms in total. The molecule has 19 heavy (non-hydrogen) atoms. The van der Waals surface area contributed by atoms with E-state index < -0.39 is 5.97 Å². The van der Waals surface area contributed by atoms with Crippen molar-refractivity contribution in [2.75, 3.05) is 6.54 Å². The average molecular weight is 332 g/mol. The van der Waals surface area contributed by atoms with Crippen LogP contribution in [-0.4, -0.2) is 38.3 Å². The molecule has 1 aromatic rings. The molecule has 0 fully saturated rings. The molecule has 0 aliphatic rings. The lowest BCUT2D eigenvalue weighted by Gasteiger charge is -2.26. The van der Waals surface area contributed by atoms with E-state index in [9.17, 15) is 4.79 Å². The van der Waals surface area contributed by atoms with Gasteiger partial charge in [0.2, 0.25) is 0 Å². The quantitative estimate of drug-likeness (QED) is 0.834. The summed E-state index contributed by atoms with van der Waals surface area (Å²) in [6.45, 7) is 7.77. The van der Waals surface area contributed by atoms with Crippen LogP contribution in [0, 0.1) is 6.92 Å². The highest BCUT2D eigenvalue weighted by atomic mass is 79.9. The van der Waals surface area contributed by atoms with E-state index in [4.69, 9.17) is 5.11 Å². The fourth-order valence-electron chi connectivity index (χ4n) is 2.00. The second-order valence-corrected chi connectivity index (χ2v) is 5.82. The van der Waals surface area contributed by atoms with E-state index in [1.807, 2.05) is 18.7 Å². The van der Waals surface area contributed by atoms with Crippen molar-refractivity contribution >= 4 is 21.9 Å². The van der Waals surface area contributed by atoms with Gasteiger partial charge in [0, 0.05) is 26.1 Å². The van der Waals surface area contributed by atoms with Crippen LogP contribution < -0.4 is 0 Å². The number of carbonyl (C=O) groups is 1. The molecule has 0 bridgehead atoms. The van der Waals surface area contributed by atoms with E-state index in [-0.39, 0.29) is 6.42 Å². The number of hydrogen-bond donors (Lipinski definition) is 1. The zero-order chi connectivity index (χ0) is 14.6. The van der Waals surface area contributed by atoms with E-state index in [1.165, 1.54) is 0 Å². The Morgan fingerprint density at radius 3 is 2.58 bits per heavy atom. The fourth-order valence-corrected chi connectivity index (χ4v) is 2.46. The Kier molecular flexibility index (Phi) is 6.00. The number of carboxylic acids is 1. The summed E-state index contributed by atoms with van der Waals surface area (Å²) in [7, 11) is 1.93. The van der Waals surface area contributed by atoms with Crippen molar-refractivity contribution in [1.29, 1.82) is 0 Å². The van der Waals surface area contributed by atoms with Crippen molar-refractivity contribution < 1.29 is 9.90 Å². The van der Waals surface area contributed by atoms with Gasteiger partial charge in [-0.2, -0.15) is 5.10 Å². The monoisotopic (exact) mass is 331 g/mol. The van der Waals surface area contributed by atoms with Crippen LogP contribution >= 0.6 is 15.9 Å². The highest BCUT2D eigenvalue weighted by Gasteiger charge is 2.17. The molecule has 108 valence electrons. The lowest BCUT2D eigenvalue weighted by Crippen LogP contribution is -2.32. The van der Waals surface area contributed by atoms with Gasteiger partial charge in [0.25, 0.3) is 0 Å². The van der Waals surface area contributed by atoms with Crippen LogP contribution in [0.5, 0.6) is 0 Å². The molecule has 0 amide bonds.